The van der Waals surface area contributed by atoms with Crippen molar-refractivity contribution in [2.75, 3.05) is 6.61 Å². The summed E-state index contributed by atoms with van der Waals surface area (Å²) in [6.45, 7) is -0.325. The number of nitrogens with one attached hydrogen (secondary N) is 1. The largest absolute Gasteiger partial charge is 0.480 e. The molecule has 2 heterocycles. The predicted molar refractivity (Wildman–Crippen MR) is 73.1 cm³/mol. The van der Waals surface area contributed by atoms with Crippen molar-refractivity contribution in [3.8, 4) is 5.82 Å². The van der Waals surface area contributed by atoms with Crippen LogP contribution in [0.4, 0.5) is 0 Å². The van der Waals surface area contributed by atoms with Crippen molar-refractivity contribution in [3.05, 3.63) is 36.3 Å². The van der Waals surface area contributed by atoms with Crippen LogP contribution in [0.5, 0.6) is 0 Å². The highest BCUT2D eigenvalue weighted by atomic mass is 16.4. The zero-order chi connectivity index (χ0) is 15.4. The maximum absolute atomic E-state index is 12.2. The molecular formula is C13H16N4O4. The summed E-state index contributed by atoms with van der Waals surface area (Å²) in [4.78, 5) is 23.3. The van der Waals surface area contributed by atoms with Crippen LogP contribution in [0.1, 0.15) is 16.8 Å². The Morgan fingerprint density at radius 2 is 2.05 bits per heavy atom. The Labute approximate surface area is 120 Å². The molecule has 0 unspecified atom stereocenters. The summed E-state index contributed by atoms with van der Waals surface area (Å²) in [7, 11) is 1.69. The summed E-state index contributed by atoms with van der Waals surface area (Å²) in [6, 6.07) is 2.47. The molecule has 2 aromatic rings. The first kappa shape index (κ1) is 14.8. The number of aryl methyl sites for hydroxylation is 1. The van der Waals surface area contributed by atoms with Crippen LogP contribution in [0.15, 0.2) is 30.7 Å². The highest BCUT2D eigenvalue weighted by Gasteiger charge is 2.23. The van der Waals surface area contributed by atoms with Gasteiger partial charge in [0.2, 0.25) is 0 Å². The molecule has 0 spiro atoms. The van der Waals surface area contributed by atoms with Gasteiger partial charge in [0.1, 0.15) is 17.4 Å². The van der Waals surface area contributed by atoms with Crippen LogP contribution in [0.2, 0.25) is 0 Å². The van der Waals surface area contributed by atoms with E-state index in [1.165, 1.54) is 10.9 Å². The number of aliphatic carboxylic acids is 1. The number of nitrogens with zero attached hydrogens (tertiary/aromatic N) is 3. The second-order valence-electron chi connectivity index (χ2n) is 4.47. The average molecular weight is 292 g/mol. The van der Waals surface area contributed by atoms with Gasteiger partial charge in [-0.05, 0) is 12.1 Å². The van der Waals surface area contributed by atoms with Crippen LogP contribution in [-0.4, -0.2) is 49.1 Å². The lowest BCUT2D eigenvalue weighted by molar-refractivity contribution is -0.139. The van der Waals surface area contributed by atoms with Crippen LogP contribution in [-0.2, 0) is 11.8 Å². The van der Waals surface area contributed by atoms with Gasteiger partial charge in [0.05, 0.1) is 6.20 Å². The van der Waals surface area contributed by atoms with Crippen LogP contribution >= 0.6 is 0 Å². The third-order valence-electron chi connectivity index (χ3n) is 3.02. The highest BCUT2D eigenvalue weighted by Crippen LogP contribution is 2.14. The predicted octanol–water partition coefficient (Wildman–Crippen LogP) is -0.224. The fraction of sp³-hybridized carbons (Fsp3) is 0.308. The second-order valence-corrected chi connectivity index (χ2v) is 4.47. The summed E-state index contributed by atoms with van der Waals surface area (Å²) in [5, 5.41) is 24.3. The Kier molecular flexibility index (Phi) is 4.39. The zero-order valence-corrected chi connectivity index (χ0v) is 11.4. The van der Waals surface area contributed by atoms with Crippen molar-refractivity contribution in [3.63, 3.8) is 0 Å². The van der Waals surface area contributed by atoms with Gasteiger partial charge >= 0.3 is 5.97 Å². The fourth-order valence-corrected chi connectivity index (χ4v) is 2.00. The average Bonchev–Trinajstić information content (AvgIpc) is 3.06. The molecule has 3 N–H and O–H groups in total. The smallest absolute Gasteiger partial charge is 0.326 e. The van der Waals surface area contributed by atoms with Gasteiger partial charge in [0, 0.05) is 32.5 Å². The van der Waals surface area contributed by atoms with Gasteiger partial charge in [-0.25, -0.2) is 4.79 Å². The van der Waals surface area contributed by atoms with E-state index in [2.05, 4.69) is 10.4 Å². The Balaban J connectivity index is 2.26. The van der Waals surface area contributed by atoms with Gasteiger partial charge in [0.25, 0.3) is 5.91 Å². The van der Waals surface area contributed by atoms with Crippen LogP contribution in [0.3, 0.4) is 0 Å². The number of rotatable bonds is 6. The number of hydrogen-bond acceptors (Lipinski definition) is 4. The zero-order valence-electron chi connectivity index (χ0n) is 11.4. The molecule has 0 radical (unpaired) electrons. The van der Waals surface area contributed by atoms with Crippen LogP contribution in [0.25, 0.3) is 5.82 Å². The second kappa shape index (κ2) is 6.23. The molecule has 8 heteroatoms. The maximum Gasteiger partial charge on any atom is 0.326 e. The summed E-state index contributed by atoms with van der Waals surface area (Å²) < 4.78 is 3.24. The molecule has 0 aliphatic rings. The molecule has 0 fully saturated rings. The Bertz CT molecular complexity index is 633. The molecule has 112 valence electrons. The Morgan fingerprint density at radius 1 is 1.38 bits per heavy atom. The lowest BCUT2D eigenvalue weighted by Crippen LogP contribution is -2.41. The van der Waals surface area contributed by atoms with E-state index in [9.17, 15) is 9.59 Å². The van der Waals surface area contributed by atoms with E-state index >= 15 is 0 Å². The summed E-state index contributed by atoms with van der Waals surface area (Å²) in [6.07, 6.45) is 4.84. The number of aliphatic hydroxyl groups excluding tert-OH is 1. The topological polar surface area (TPSA) is 109 Å². The number of carbonyl (C=O) groups excluding carboxylic acids is 1. The lowest BCUT2D eigenvalue weighted by atomic mass is 10.2. The summed E-state index contributed by atoms with van der Waals surface area (Å²) in [5.74, 6) is -1.21. The molecule has 0 aliphatic heterocycles. The van der Waals surface area contributed by atoms with E-state index in [-0.39, 0.29) is 18.6 Å². The van der Waals surface area contributed by atoms with Crippen LogP contribution in [0, 0.1) is 0 Å². The molecule has 1 amide bonds. The molecule has 21 heavy (non-hydrogen) atoms. The number of carboxylic acid groups (broad SMARTS) is 1. The third kappa shape index (κ3) is 3.11. The number of aliphatic hydroxyl groups is 1. The molecular weight excluding hydrogens is 276 g/mol. The van der Waals surface area contributed by atoms with Gasteiger partial charge in [-0.15, -0.1) is 0 Å². The van der Waals surface area contributed by atoms with Crippen molar-refractivity contribution in [1.82, 2.24) is 19.7 Å². The molecule has 0 saturated heterocycles. The van der Waals surface area contributed by atoms with Crippen molar-refractivity contribution in [2.45, 2.75) is 12.5 Å². The third-order valence-corrected chi connectivity index (χ3v) is 3.02. The fourth-order valence-electron chi connectivity index (χ4n) is 2.00. The van der Waals surface area contributed by atoms with E-state index in [0.717, 1.165) is 0 Å². The Hall–Kier alpha value is -2.61. The minimum atomic E-state index is -1.19. The monoisotopic (exact) mass is 292 g/mol. The number of amides is 1. The quantitative estimate of drug-likeness (QED) is 0.681. The van der Waals surface area contributed by atoms with Crippen molar-refractivity contribution >= 4 is 11.9 Å². The SMILES string of the molecule is Cn1ncc(C(=O)N[C@@H](CCO)C(=O)O)c1-n1cccc1. The first-order valence-electron chi connectivity index (χ1n) is 6.34. The normalized spacial score (nSPS) is 12.1. The summed E-state index contributed by atoms with van der Waals surface area (Å²) >= 11 is 0. The molecule has 2 rings (SSSR count). The molecule has 1 atom stereocenters. The standard InChI is InChI=1S/C13H16N4O4/c1-16-12(17-5-2-3-6-17)9(8-14-16)11(19)15-10(4-7-18)13(20)21/h2-3,5-6,8,10,18H,4,7H2,1H3,(H,15,19)(H,20,21)/t10-/m0/s1. The number of carboxylic acids is 1. The van der Waals surface area contributed by atoms with E-state index in [1.807, 2.05) is 0 Å². The van der Waals surface area contributed by atoms with Crippen LogP contribution < -0.4 is 5.32 Å². The van der Waals surface area contributed by atoms with E-state index in [1.54, 1.807) is 36.1 Å². The van der Waals surface area contributed by atoms with Gasteiger partial charge < -0.3 is 20.1 Å². The van der Waals surface area contributed by atoms with E-state index in [4.69, 9.17) is 10.2 Å². The molecule has 0 bridgehead atoms. The van der Waals surface area contributed by atoms with Crippen molar-refractivity contribution < 1.29 is 19.8 Å². The van der Waals surface area contributed by atoms with Gasteiger partial charge in [-0.2, -0.15) is 5.10 Å². The maximum atomic E-state index is 12.2. The van der Waals surface area contributed by atoms with E-state index in [0.29, 0.717) is 5.82 Å². The first-order valence-corrected chi connectivity index (χ1v) is 6.34. The summed E-state index contributed by atoms with van der Waals surface area (Å²) in [5.41, 5.74) is 0.262. The molecule has 8 nitrogen and oxygen atoms in total. The minimum absolute atomic E-state index is 0.0554. The highest BCUT2D eigenvalue weighted by molar-refractivity contribution is 5.99. The van der Waals surface area contributed by atoms with Gasteiger partial charge in [-0.3, -0.25) is 9.48 Å². The van der Waals surface area contributed by atoms with Crippen molar-refractivity contribution in [2.24, 2.45) is 7.05 Å². The Morgan fingerprint density at radius 3 is 2.62 bits per heavy atom. The first-order chi connectivity index (χ1) is 10.0. The molecule has 0 saturated carbocycles. The van der Waals surface area contributed by atoms with Gasteiger partial charge in [0.15, 0.2) is 0 Å². The number of hydrogen-bond donors (Lipinski definition) is 3. The molecule has 0 aromatic carbocycles. The van der Waals surface area contributed by atoms with E-state index < -0.39 is 17.9 Å². The van der Waals surface area contributed by atoms with Crippen molar-refractivity contribution in [1.29, 1.82) is 0 Å². The molecule has 2 aromatic heterocycles. The lowest BCUT2D eigenvalue weighted by Gasteiger charge is -2.13. The molecule has 0 aliphatic carbocycles. The van der Waals surface area contributed by atoms with Gasteiger partial charge in [-0.1, -0.05) is 0 Å². The number of carbonyl (C=O) groups is 2. The number of aromatic nitrogens is 3. The minimum Gasteiger partial charge on any atom is -0.480 e.